The average Bonchev–Trinajstić information content (AvgIpc) is 3.22. The van der Waals surface area contributed by atoms with Gasteiger partial charge in [0.1, 0.15) is 5.82 Å². The lowest BCUT2D eigenvalue weighted by atomic mass is 9.60. The minimum atomic E-state index is -0.132. The van der Waals surface area contributed by atoms with Gasteiger partial charge in [0.2, 0.25) is 0 Å². The molecule has 2 aromatic rings. The fourth-order valence-corrected chi connectivity index (χ4v) is 7.64. The summed E-state index contributed by atoms with van der Waals surface area (Å²) < 4.78 is 13.5. The molecule has 0 spiro atoms. The van der Waals surface area contributed by atoms with E-state index in [-0.39, 0.29) is 5.82 Å². The van der Waals surface area contributed by atoms with Crippen LogP contribution in [0.2, 0.25) is 0 Å². The standard InChI is InChI=1S/C29H42FN/c1-2-3-4-5-20-6-7-25-17-24(13-12-23(25)16-20)21-8-10-22(11-9-21)29-19-26-18-27(30)14-15-28(26)31-29/h14-15,18-25,31H,2-13,16-17H2,1H3/t20-,21?,22?,23+,24+,25+/m0/s1. The fourth-order valence-electron chi connectivity index (χ4n) is 7.64. The van der Waals surface area contributed by atoms with E-state index in [0.717, 1.165) is 40.5 Å². The smallest absolute Gasteiger partial charge is 0.123 e. The molecule has 0 aliphatic heterocycles. The van der Waals surface area contributed by atoms with Gasteiger partial charge in [-0.25, -0.2) is 4.39 Å². The molecule has 3 aliphatic rings. The van der Waals surface area contributed by atoms with E-state index >= 15 is 0 Å². The largest absolute Gasteiger partial charge is 0.358 e. The van der Waals surface area contributed by atoms with Crippen molar-refractivity contribution < 1.29 is 4.39 Å². The molecule has 0 unspecified atom stereocenters. The third kappa shape index (κ3) is 4.88. The Morgan fingerprint density at radius 3 is 2.32 bits per heavy atom. The number of H-pyrrole nitrogens is 1. The van der Waals surface area contributed by atoms with Gasteiger partial charge in [-0.1, -0.05) is 39.0 Å². The number of halogens is 1. The van der Waals surface area contributed by atoms with Gasteiger partial charge in [0, 0.05) is 16.6 Å². The summed E-state index contributed by atoms with van der Waals surface area (Å²) in [5, 5.41) is 1.03. The van der Waals surface area contributed by atoms with Crippen LogP contribution in [0.1, 0.15) is 108 Å². The number of rotatable bonds is 6. The molecule has 1 nitrogen and oxygen atoms in total. The number of benzene rings is 1. The Hall–Kier alpha value is -1.31. The third-order valence-electron chi connectivity index (χ3n) is 9.46. The summed E-state index contributed by atoms with van der Waals surface area (Å²) in [6.45, 7) is 2.33. The molecule has 1 aromatic heterocycles. The van der Waals surface area contributed by atoms with E-state index in [4.69, 9.17) is 0 Å². The van der Waals surface area contributed by atoms with Crippen LogP contribution in [0, 0.1) is 35.4 Å². The molecule has 2 heteroatoms. The zero-order valence-electron chi connectivity index (χ0n) is 19.6. The molecule has 170 valence electrons. The second kappa shape index (κ2) is 9.67. The summed E-state index contributed by atoms with van der Waals surface area (Å²) in [5.74, 6) is 5.61. The molecule has 0 radical (unpaired) electrons. The lowest BCUT2D eigenvalue weighted by Crippen LogP contribution is -2.34. The SMILES string of the molecule is CCCCC[C@H]1CC[C@@H]2C[C@H](C3CCC(c4cc5cc(F)ccc5[nH]4)CC3)CC[C@@H]2C1. The molecule has 1 N–H and O–H groups in total. The number of hydrogen-bond acceptors (Lipinski definition) is 0. The molecular formula is C29H42FN. The molecule has 3 fully saturated rings. The number of hydrogen-bond donors (Lipinski definition) is 1. The second-order valence-electron chi connectivity index (χ2n) is 11.3. The van der Waals surface area contributed by atoms with Crippen LogP contribution in [0.25, 0.3) is 10.9 Å². The van der Waals surface area contributed by atoms with Gasteiger partial charge < -0.3 is 4.98 Å². The van der Waals surface area contributed by atoms with Gasteiger partial charge in [0.25, 0.3) is 0 Å². The quantitative estimate of drug-likeness (QED) is 0.446. The maximum absolute atomic E-state index is 13.5. The fraction of sp³-hybridized carbons (Fsp3) is 0.724. The zero-order chi connectivity index (χ0) is 21.2. The predicted octanol–water partition coefficient (Wildman–Crippen LogP) is 8.99. The van der Waals surface area contributed by atoms with Crippen molar-refractivity contribution in [2.24, 2.45) is 29.6 Å². The van der Waals surface area contributed by atoms with Gasteiger partial charge in [-0.05, 0) is 118 Å². The maximum Gasteiger partial charge on any atom is 0.123 e. The molecule has 3 saturated carbocycles. The molecular weight excluding hydrogens is 381 g/mol. The lowest BCUT2D eigenvalue weighted by Gasteiger charge is -2.45. The van der Waals surface area contributed by atoms with Crippen LogP contribution in [0.3, 0.4) is 0 Å². The summed E-state index contributed by atoms with van der Waals surface area (Å²) >= 11 is 0. The molecule has 0 bridgehead atoms. The van der Waals surface area contributed by atoms with Crippen molar-refractivity contribution in [2.75, 3.05) is 0 Å². The third-order valence-corrected chi connectivity index (χ3v) is 9.46. The maximum atomic E-state index is 13.5. The Labute approximate surface area is 188 Å². The second-order valence-corrected chi connectivity index (χ2v) is 11.3. The molecule has 4 atom stereocenters. The number of unbranched alkanes of at least 4 members (excludes halogenated alkanes) is 2. The van der Waals surface area contributed by atoms with E-state index in [2.05, 4.69) is 18.0 Å². The van der Waals surface area contributed by atoms with Crippen molar-refractivity contribution in [3.8, 4) is 0 Å². The van der Waals surface area contributed by atoms with Gasteiger partial charge in [-0.15, -0.1) is 0 Å². The number of nitrogens with one attached hydrogen (secondary N) is 1. The van der Waals surface area contributed by atoms with Gasteiger partial charge >= 0.3 is 0 Å². The minimum absolute atomic E-state index is 0.132. The Morgan fingerprint density at radius 2 is 1.52 bits per heavy atom. The van der Waals surface area contributed by atoms with Crippen LogP contribution in [0.5, 0.6) is 0 Å². The van der Waals surface area contributed by atoms with E-state index in [9.17, 15) is 4.39 Å². The number of aromatic nitrogens is 1. The monoisotopic (exact) mass is 423 g/mol. The average molecular weight is 424 g/mol. The molecule has 0 saturated heterocycles. The van der Waals surface area contributed by atoms with E-state index in [0.29, 0.717) is 5.92 Å². The first-order chi connectivity index (χ1) is 15.2. The highest BCUT2D eigenvalue weighted by Crippen LogP contribution is 2.50. The molecule has 31 heavy (non-hydrogen) atoms. The predicted molar refractivity (Wildman–Crippen MR) is 129 cm³/mol. The lowest BCUT2D eigenvalue weighted by molar-refractivity contribution is 0.0613. The van der Waals surface area contributed by atoms with Crippen molar-refractivity contribution in [1.82, 2.24) is 4.98 Å². The van der Waals surface area contributed by atoms with Crippen LogP contribution in [0.15, 0.2) is 24.3 Å². The van der Waals surface area contributed by atoms with Crippen molar-refractivity contribution >= 4 is 10.9 Å². The molecule has 1 heterocycles. The van der Waals surface area contributed by atoms with Gasteiger partial charge in [0.05, 0.1) is 0 Å². The van der Waals surface area contributed by atoms with Crippen molar-refractivity contribution in [1.29, 1.82) is 0 Å². The molecule has 1 aromatic carbocycles. The van der Waals surface area contributed by atoms with Crippen LogP contribution in [-0.2, 0) is 0 Å². The Morgan fingerprint density at radius 1 is 0.806 bits per heavy atom. The summed E-state index contributed by atoms with van der Waals surface area (Å²) in [5.41, 5.74) is 2.42. The highest BCUT2D eigenvalue weighted by atomic mass is 19.1. The van der Waals surface area contributed by atoms with E-state index in [1.165, 1.54) is 89.2 Å². The highest BCUT2D eigenvalue weighted by molar-refractivity contribution is 5.80. The Kier molecular flexibility index (Phi) is 6.72. The first-order valence-corrected chi connectivity index (χ1v) is 13.5. The van der Waals surface area contributed by atoms with Crippen LogP contribution < -0.4 is 0 Å². The normalized spacial score (nSPS) is 34.0. The van der Waals surface area contributed by atoms with Crippen LogP contribution in [0.4, 0.5) is 4.39 Å². The van der Waals surface area contributed by atoms with Gasteiger partial charge in [0.15, 0.2) is 0 Å². The Bertz CT molecular complexity index is 846. The van der Waals surface area contributed by atoms with Gasteiger partial charge in [-0.2, -0.15) is 0 Å². The minimum Gasteiger partial charge on any atom is -0.358 e. The molecule has 0 amide bonds. The summed E-state index contributed by atoms with van der Waals surface area (Å²) in [4.78, 5) is 3.58. The molecule has 5 rings (SSSR count). The molecule has 3 aliphatic carbocycles. The first-order valence-electron chi connectivity index (χ1n) is 13.5. The van der Waals surface area contributed by atoms with Crippen molar-refractivity contribution in [3.63, 3.8) is 0 Å². The van der Waals surface area contributed by atoms with Gasteiger partial charge in [-0.3, -0.25) is 0 Å². The van der Waals surface area contributed by atoms with E-state index in [1.54, 1.807) is 18.6 Å². The number of aromatic amines is 1. The zero-order valence-corrected chi connectivity index (χ0v) is 19.6. The Balaban J connectivity index is 1.11. The van der Waals surface area contributed by atoms with Crippen molar-refractivity contribution in [3.05, 3.63) is 35.8 Å². The van der Waals surface area contributed by atoms with E-state index in [1.807, 2.05) is 6.07 Å². The number of fused-ring (bicyclic) bond motifs is 2. The topological polar surface area (TPSA) is 15.8 Å². The van der Waals surface area contributed by atoms with Crippen LogP contribution in [-0.4, -0.2) is 4.98 Å². The first kappa shape index (κ1) is 21.5. The summed E-state index contributed by atoms with van der Waals surface area (Å²) in [6, 6.07) is 7.32. The van der Waals surface area contributed by atoms with E-state index < -0.39 is 0 Å². The summed E-state index contributed by atoms with van der Waals surface area (Å²) in [6.07, 6.45) is 20.3. The van der Waals surface area contributed by atoms with Crippen LogP contribution >= 0.6 is 0 Å². The van der Waals surface area contributed by atoms with Crippen molar-refractivity contribution in [2.45, 2.75) is 103 Å². The highest BCUT2D eigenvalue weighted by Gasteiger charge is 2.38. The summed E-state index contributed by atoms with van der Waals surface area (Å²) in [7, 11) is 0.